The van der Waals surface area contributed by atoms with Crippen LogP contribution in [0.5, 0.6) is 11.5 Å². The van der Waals surface area contributed by atoms with Gasteiger partial charge < -0.3 is 25.4 Å². The van der Waals surface area contributed by atoms with Gasteiger partial charge in [-0.25, -0.2) is 0 Å². The van der Waals surface area contributed by atoms with E-state index in [9.17, 15) is 4.79 Å². The third kappa shape index (κ3) is 7.71. The monoisotopic (exact) mass is 450 g/mol. The molecule has 0 aliphatic rings. The minimum absolute atomic E-state index is 0. The molecule has 24 heavy (non-hydrogen) atoms. The zero-order chi connectivity index (χ0) is 17.1. The van der Waals surface area contributed by atoms with Crippen molar-refractivity contribution < 1.29 is 14.3 Å². The molecule has 0 radical (unpaired) electrons. The Kier molecular flexibility index (Phi) is 11.8. The lowest BCUT2D eigenvalue weighted by molar-refractivity contribution is -0.120. The van der Waals surface area contributed by atoms with Gasteiger partial charge in [-0.15, -0.1) is 24.0 Å². The summed E-state index contributed by atoms with van der Waals surface area (Å²) in [4.78, 5) is 15.7. The second-order valence-corrected chi connectivity index (χ2v) is 4.81. The molecule has 0 aliphatic carbocycles. The molecule has 0 fully saturated rings. The van der Waals surface area contributed by atoms with Gasteiger partial charge in [0.2, 0.25) is 5.91 Å². The molecule has 0 saturated heterocycles. The van der Waals surface area contributed by atoms with Crippen molar-refractivity contribution in [3.63, 3.8) is 0 Å². The average Bonchev–Trinajstić information content (AvgIpc) is 2.59. The highest BCUT2D eigenvalue weighted by Gasteiger charge is 2.07. The lowest BCUT2D eigenvalue weighted by Gasteiger charge is -2.14. The number of rotatable bonds is 8. The Balaban J connectivity index is 0.00000529. The Hall–Kier alpha value is -1.71. The summed E-state index contributed by atoms with van der Waals surface area (Å²) < 4.78 is 10.5. The van der Waals surface area contributed by atoms with Crippen LogP contribution in [0.2, 0.25) is 0 Å². The van der Waals surface area contributed by atoms with E-state index in [-0.39, 0.29) is 36.4 Å². The molecule has 3 N–H and O–H groups in total. The molecule has 8 heteroatoms. The van der Waals surface area contributed by atoms with Crippen molar-refractivity contribution in [1.82, 2.24) is 16.0 Å². The van der Waals surface area contributed by atoms with Gasteiger partial charge in [-0.05, 0) is 18.6 Å². The summed E-state index contributed by atoms with van der Waals surface area (Å²) in [5.41, 5.74) is 0.965. The number of halogens is 1. The van der Waals surface area contributed by atoms with E-state index in [0.717, 1.165) is 23.5 Å². The van der Waals surface area contributed by atoms with Gasteiger partial charge in [-0.1, -0.05) is 6.92 Å². The minimum atomic E-state index is -0.0585. The van der Waals surface area contributed by atoms with Crippen LogP contribution in [0.1, 0.15) is 18.9 Å². The highest BCUT2D eigenvalue weighted by Crippen LogP contribution is 2.24. The lowest BCUT2D eigenvalue weighted by Crippen LogP contribution is -2.43. The Labute approximate surface area is 160 Å². The number of guanidine groups is 1. The van der Waals surface area contributed by atoms with Crippen LogP contribution in [0, 0.1) is 0 Å². The number of aliphatic imine (C=N–C) groups is 1. The van der Waals surface area contributed by atoms with Crippen molar-refractivity contribution in [1.29, 1.82) is 0 Å². The number of nitrogens with zero attached hydrogens (tertiary/aromatic N) is 1. The Bertz CT molecular complexity index is 538. The first-order valence-electron chi connectivity index (χ1n) is 7.56. The van der Waals surface area contributed by atoms with E-state index in [0.29, 0.717) is 19.0 Å². The fourth-order valence-electron chi connectivity index (χ4n) is 1.89. The van der Waals surface area contributed by atoms with Crippen molar-refractivity contribution >= 4 is 35.8 Å². The van der Waals surface area contributed by atoms with Crippen LogP contribution in [-0.2, 0) is 11.3 Å². The average molecular weight is 450 g/mol. The summed E-state index contributed by atoms with van der Waals surface area (Å²) >= 11 is 0. The van der Waals surface area contributed by atoms with Gasteiger partial charge in [-0.2, -0.15) is 0 Å². The maximum atomic E-state index is 11.6. The van der Waals surface area contributed by atoms with Crippen LogP contribution in [0.15, 0.2) is 23.2 Å². The third-order valence-corrected chi connectivity index (χ3v) is 3.15. The van der Waals surface area contributed by atoms with Crippen LogP contribution in [0.25, 0.3) is 0 Å². The highest BCUT2D eigenvalue weighted by molar-refractivity contribution is 14.0. The van der Waals surface area contributed by atoms with E-state index in [1.807, 2.05) is 25.1 Å². The Morgan fingerprint density at radius 3 is 2.50 bits per heavy atom. The number of carbonyl (C=O) groups is 1. The third-order valence-electron chi connectivity index (χ3n) is 3.15. The van der Waals surface area contributed by atoms with E-state index in [1.54, 1.807) is 21.3 Å². The summed E-state index contributed by atoms with van der Waals surface area (Å²) in [6.45, 7) is 3.38. The molecular weight excluding hydrogens is 423 g/mol. The predicted octanol–water partition coefficient (Wildman–Crippen LogP) is 1.51. The van der Waals surface area contributed by atoms with Gasteiger partial charge in [0.1, 0.15) is 11.5 Å². The first-order valence-corrected chi connectivity index (χ1v) is 7.56. The number of nitrogens with one attached hydrogen (secondary N) is 3. The van der Waals surface area contributed by atoms with E-state index in [2.05, 4.69) is 20.9 Å². The van der Waals surface area contributed by atoms with Crippen molar-refractivity contribution in [2.75, 3.05) is 34.4 Å². The molecule has 0 atom stereocenters. The molecule has 0 unspecified atom stereocenters. The quantitative estimate of drug-likeness (QED) is 0.318. The molecule has 0 heterocycles. The number of ether oxygens (including phenoxy) is 2. The normalized spacial score (nSPS) is 10.4. The molecular formula is C16H27IN4O3. The van der Waals surface area contributed by atoms with Gasteiger partial charge in [0.05, 0.1) is 20.8 Å². The second-order valence-electron chi connectivity index (χ2n) is 4.81. The zero-order valence-electron chi connectivity index (χ0n) is 14.6. The number of amides is 1. The number of methoxy groups -OCH3 is 2. The number of carbonyl (C=O) groups excluding carboxylic acids is 1. The molecule has 0 aromatic heterocycles. The largest absolute Gasteiger partial charge is 0.497 e. The Morgan fingerprint density at radius 2 is 1.92 bits per heavy atom. The minimum Gasteiger partial charge on any atom is -0.497 e. The summed E-state index contributed by atoms with van der Waals surface area (Å²) in [6, 6.07) is 5.62. The molecule has 0 bridgehead atoms. The molecule has 1 aromatic carbocycles. The van der Waals surface area contributed by atoms with Crippen LogP contribution >= 0.6 is 24.0 Å². The molecule has 1 rings (SSSR count). The summed E-state index contributed by atoms with van der Waals surface area (Å²) in [6.07, 6.45) is 0.913. The number of benzene rings is 1. The van der Waals surface area contributed by atoms with E-state index in [1.165, 1.54) is 0 Å². The van der Waals surface area contributed by atoms with Crippen molar-refractivity contribution in [3.05, 3.63) is 23.8 Å². The van der Waals surface area contributed by atoms with E-state index in [4.69, 9.17) is 9.47 Å². The van der Waals surface area contributed by atoms with Crippen LogP contribution in [-0.4, -0.2) is 46.2 Å². The maximum Gasteiger partial charge on any atom is 0.239 e. The van der Waals surface area contributed by atoms with E-state index >= 15 is 0 Å². The van der Waals surface area contributed by atoms with Crippen LogP contribution in [0.4, 0.5) is 0 Å². The van der Waals surface area contributed by atoms with Crippen molar-refractivity contribution in [3.8, 4) is 11.5 Å². The SMILES string of the molecule is CCCNC(=O)CNC(=NC)NCc1ccc(OC)cc1OC.I. The number of hydrogen-bond donors (Lipinski definition) is 3. The summed E-state index contributed by atoms with van der Waals surface area (Å²) in [7, 11) is 4.88. The van der Waals surface area contributed by atoms with Crippen molar-refractivity contribution in [2.45, 2.75) is 19.9 Å². The van der Waals surface area contributed by atoms with Crippen molar-refractivity contribution in [2.24, 2.45) is 4.99 Å². The standard InChI is InChI=1S/C16H26N4O3.HI/c1-5-8-18-15(21)11-20-16(17-2)19-10-12-6-7-13(22-3)9-14(12)23-4;/h6-7,9H,5,8,10-11H2,1-4H3,(H,18,21)(H2,17,19,20);1H. The van der Waals surface area contributed by atoms with Crippen LogP contribution < -0.4 is 25.4 Å². The molecule has 0 saturated carbocycles. The van der Waals surface area contributed by atoms with Gasteiger partial charge in [-0.3, -0.25) is 9.79 Å². The molecule has 136 valence electrons. The smallest absolute Gasteiger partial charge is 0.239 e. The first kappa shape index (κ1) is 22.3. The van der Waals surface area contributed by atoms with Gasteiger partial charge in [0.15, 0.2) is 5.96 Å². The zero-order valence-corrected chi connectivity index (χ0v) is 17.0. The Morgan fingerprint density at radius 1 is 1.17 bits per heavy atom. The topological polar surface area (TPSA) is 84.0 Å². The molecule has 7 nitrogen and oxygen atoms in total. The lowest BCUT2D eigenvalue weighted by atomic mass is 10.2. The van der Waals surface area contributed by atoms with Gasteiger partial charge in [0.25, 0.3) is 0 Å². The molecule has 1 aromatic rings. The number of hydrogen-bond acceptors (Lipinski definition) is 4. The summed E-state index contributed by atoms with van der Waals surface area (Å²) in [5.74, 6) is 1.96. The molecule has 0 spiro atoms. The van der Waals surface area contributed by atoms with Gasteiger partial charge in [0, 0.05) is 31.8 Å². The second kappa shape index (κ2) is 12.7. The fraction of sp³-hybridized carbons (Fsp3) is 0.500. The van der Waals surface area contributed by atoms with Crippen LogP contribution in [0.3, 0.4) is 0 Å². The molecule has 0 aliphatic heterocycles. The maximum absolute atomic E-state index is 11.6. The van der Waals surface area contributed by atoms with E-state index < -0.39 is 0 Å². The fourth-order valence-corrected chi connectivity index (χ4v) is 1.89. The van der Waals surface area contributed by atoms with Gasteiger partial charge >= 0.3 is 0 Å². The first-order chi connectivity index (χ1) is 11.1. The molecule has 1 amide bonds. The highest BCUT2D eigenvalue weighted by atomic mass is 127. The summed E-state index contributed by atoms with van der Waals surface area (Å²) in [5, 5.41) is 8.92. The predicted molar refractivity (Wildman–Crippen MR) is 106 cm³/mol.